The van der Waals surface area contributed by atoms with Crippen molar-refractivity contribution in [1.82, 2.24) is 5.32 Å². The first-order valence-corrected chi connectivity index (χ1v) is 7.02. The molecule has 19 heavy (non-hydrogen) atoms. The van der Waals surface area contributed by atoms with Gasteiger partial charge in [0, 0.05) is 24.9 Å². The zero-order valence-electron chi connectivity index (χ0n) is 11.0. The van der Waals surface area contributed by atoms with Crippen LogP contribution in [0.2, 0.25) is 0 Å². The van der Waals surface area contributed by atoms with Crippen molar-refractivity contribution in [3.8, 4) is 0 Å². The van der Waals surface area contributed by atoms with Crippen molar-refractivity contribution >= 4 is 11.6 Å². The van der Waals surface area contributed by atoms with Crippen LogP contribution in [0.5, 0.6) is 0 Å². The number of amides is 1. The fourth-order valence-electron chi connectivity index (χ4n) is 2.24. The molecule has 0 radical (unpaired) electrons. The number of ether oxygens (including phenoxy) is 1. The monoisotopic (exact) mass is 260 g/mol. The van der Waals surface area contributed by atoms with Crippen molar-refractivity contribution in [2.24, 2.45) is 5.92 Å². The Kier molecular flexibility index (Phi) is 3.80. The summed E-state index contributed by atoms with van der Waals surface area (Å²) in [5.74, 6) is 0.0811. The molecular formula is C15H20N2O2. The van der Waals surface area contributed by atoms with Crippen LogP contribution < -0.4 is 10.6 Å². The molecule has 1 aromatic carbocycles. The first-order valence-electron chi connectivity index (χ1n) is 7.02. The average Bonchev–Trinajstić information content (AvgIpc) is 3.09. The van der Waals surface area contributed by atoms with E-state index in [0.29, 0.717) is 13.2 Å². The normalized spacial score (nSPS) is 22.4. The van der Waals surface area contributed by atoms with E-state index in [0.717, 1.165) is 24.7 Å². The lowest BCUT2D eigenvalue weighted by Crippen LogP contribution is -2.22. The molecule has 1 saturated carbocycles. The minimum atomic E-state index is 0.0104. The number of carbonyl (C=O) groups excluding carboxylic acids is 1. The molecule has 1 aliphatic carbocycles. The maximum atomic E-state index is 11.9. The summed E-state index contributed by atoms with van der Waals surface area (Å²) in [4.78, 5) is 11.9. The maximum Gasteiger partial charge on any atom is 0.229 e. The molecule has 4 nitrogen and oxygen atoms in total. The molecule has 2 N–H and O–H groups in total. The van der Waals surface area contributed by atoms with Crippen LogP contribution in [0.1, 0.15) is 24.8 Å². The molecule has 1 unspecified atom stereocenters. The molecule has 1 heterocycles. The highest BCUT2D eigenvalue weighted by molar-refractivity contribution is 5.92. The number of hydrogen-bond acceptors (Lipinski definition) is 3. The zero-order chi connectivity index (χ0) is 13.1. The molecule has 102 valence electrons. The van der Waals surface area contributed by atoms with E-state index in [1.54, 1.807) is 0 Å². The van der Waals surface area contributed by atoms with Gasteiger partial charge in [-0.15, -0.1) is 0 Å². The summed E-state index contributed by atoms with van der Waals surface area (Å²) < 4.78 is 5.23. The largest absolute Gasteiger partial charge is 0.381 e. The third-order valence-electron chi connectivity index (χ3n) is 3.69. The highest BCUT2D eigenvalue weighted by Gasteiger charge is 2.23. The standard InChI is InChI=1S/C15H20N2O2/c18-15(12-7-8-19-10-12)17-14-3-1-11(2-4-14)9-16-13-5-6-13/h1-4,12-13,16H,5-10H2,(H,17,18). The lowest BCUT2D eigenvalue weighted by atomic mass is 10.1. The van der Waals surface area contributed by atoms with Gasteiger partial charge in [-0.2, -0.15) is 0 Å². The van der Waals surface area contributed by atoms with Crippen molar-refractivity contribution in [2.45, 2.75) is 31.8 Å². The van der Waals surface area contributed by atoms with E-state index >= 15 is 0 Å². The van der Waals surface area contributed by atoms with Gasteiger partial charge in [0.25, 0.3) is 0 Å². The van der Waals surface area contributed by atoms with Crippen LogP contribution in [-0.2, 0) is 16.1 Å². The van der Waals surface area contributed by atoms with Gasteiger partial charge < -0.3 is 15.4 Å². The van der Waals surface area contributed by atoms with Crippen molar-refractivity contribution in [3.05, 3.63) is 29.8 Å². The number of rotatable bonds is 5. The fraction of sp³-hybridized carbons (Fsp3) is 0.533. The predicted molar refractivity (Wildman–Crippen MR) is 73.9 cm³/mol. The van der Waals surface area contributed by atoms with E-state index in [1.165, 1.54) is 18.4 Å². The van der Waals surface area contributed by atoms with E-state index in [9.17, 15) is 4.79 Å². The number of anilines is 1. The lowest BCUT2D eigenvalue weighted by molar-refractivity contribution is -0.119. The van der Waals surface area contributed by atoms with Crippen LogP contribution in [0.25, 0.3) is 0 Å². The Bertz CT molecular complexity index is 434. The molecule has 4 heteroatoms. The second kappa shape index (κ2) is 5.72. The molecule has 0 bridgehead atoms. The van der Waals surface area contributed by atoms with E-state index in [1.807, 2.05) is 12.1 Å². The van der Waals surface area contributed by atoms with Crippen molar-refractivity contribution < 1.29 is 9.53 Å². The third-order valence-corrected chi connectivity index (χ3v) is 3.69. The average molecular weight is 260 g/mol. The molecule has 1 aromatic rings. The summed E-state index contributed by atoms with van der Waals surface area (Å²) in [5, 5.41) is 6.42. The summed E-state index contributed by atoms with van der Waals surface area (Å²) >= 11 is 0. The van der Waals surface area contributed by atoms with Gasteiger partial charge in [-0.05, 0) is 37.0 Å². The van der Waals surface area contributed by atoms with Gasteiger partial charge in [-0.3, -0.25) is 4.79 Å². The second-order valence-electron chi connectivity index (χ2n) is 5.40. The Labute approximate surface area is 113 Å². The van der Waals surface area contributed by atoms with Crippen LogP contribution in [0.3, 0.4) is 0 Å². The van der Waals surface area contributed by atoms with Crippen LogP contribution in [0, 0.1) is 5.92 Å². The Hall–Kier alpha value is -1.39. The molecule has 0 aromatic heterocycles. The predicted octanol–water partition coefficient (Wildman–Crippen LogP) is 1.91. The van der Waals surface area contributed by atoms with Crippen LogP contribution in [-0.4, -0.2) is 25.2 Å². The zero-order valence-corrected chi connectivity index (χ0v) is 11.0. The summed E-state index contributed by atoms with van der Waals surface area (Å²) in [7, 11) is 0. The molecule has 3 rings (SSSR count). The number of carbonyl (C=O) groups is 1. The van der Waals surface area contributed by atoms with E-state index in [4.69, 9.17) is 4.74 Å². The maximum absolute atomic E-state index is 11.9. The quantitative estimate of drug-likeness (QED) is 0.850. The Morgan fingerprint density at radius 3 is 2.63 bits per heavy atom. The highest BCUT2D eigenvalue weighted by atomic mass is 16.5. The smallest absolute Gasteiger partial charge is 0.229 e. The van der Waals surface area contributed by atoms with Gasteiger partial charge in [0.2, 0.25) is 5.91 Å². The molecule has 2 fully saturated rings. The SMILES string of the molecule is O=C(Nc1ccc(CNC2CC2)cc1)C1CCOC1. The summed E-state index contributed by atoms with van der Waals surface area (Å²) in [6.07, 6.45) is 3.43. The van der Waals surface area contributed by atoms with Crippen molar-refractivity contribution in [3.63, 3.8) is 0 Å². The third kappa shape index (κ3) is 3.55. The van der Waals surface area contributed by atoms with Gasteiger partial charge in [-0.25, -0.2) is 0 Å². The highest BCUT2D eigenvalue weighted by Crippen LogP contribution is 2.20. The van der Waals surface area contributed by atoms with Crippen LogP contribution in [0.15, 0.2) is 24.3 Å². The van der Waals surface area contributed by atoms with Crippen molar-refractivity contribution in [2.75, 3.05) is 18.5 Å². The Balaban J connectivity index is 1.51. The molecule has 1 aliphatic heterocycles. The van der Waals surface area contributed by atoms with Crippen LogP contribution in [0.4, 0.5) is 5.69 Å². The molecule has 1 saturated heterocycles. The number of nitrogens with one attached hydrogen (secondary N) is 2. The fourth-order valence-corrected chi connectivity index (χ4v) is 2.24. The molecule has 1 atom stereocenters. The first kappa shape index (κ1) is 12.6. The van der Waals surface area contributed by atoms with Crippen molar-refractivity contribution in [1.29, 1.82) is 0 Å². The minimum absolute atomic E-state index is 0.0104. The lowest BCUT2D eigenvalue weighted by Gasteiger charge is -2.10. The Morgan fingerprint density at radius 1 is 1.21 bits per heavy atom. The van der Waals surface area contributed by atoms with Gasteiger partial charge >= 0.3 is 0 Å². The van der Waals surface area contributed by atoms with Gasteiger partial charge in [0.1, 0.15) is 0 Å². The van der Waals surface area contributed by atoms with Gasteiger partial charge in [-0.1, -0.05) is 12.1 Å². The van der Waals surface area contributed by atoms with Crippen LogP contribution >= 0.6 is 0 Å². The first-order chi connectivity index (χ1) is 9.31. The number of benzene rings is 1. The topological polar surface area (TPSA) is 50.4 Å². The summed E-state index contributed by atoms with van der Waals surface area (Å²) in [5.41, 5.74) is 2.13. The molecule has 0 spiro atoms. The van der Waals surface area contributed by atoms with E-state index in [-0.39, 0.29) is 11.8 Å². The molecule has 2 aliphatic rings. The van der Waals surface area contributed by atoms with E-state index < -0.39 is 0 Å². The van der Waals surface area contributed by atoms with E-state index in [2.05, 4.69) is 22.8 Å². The van der Waals surface area contributed by atoms with Gasteiger partial charge in [0.05, 0.1) is 12.5 Å². The summed E-state index contributed by atoms with van der Waals surface area (Å²) in [6, 6.07) is 8.79. The Morgan fingerprint density at radius 2 is 2.00 bits per heavy atom. The molecule has 1 amide bonds. The minimum Gasteiger partial charge on any atom is -0.381 e. The number of hydrogen-bond donors (Lipinski definition) is 2. The second-order valence-corrected chi connectivity index (χ2v) is 5.40. The summed E-state index contributed by atoms with van der Waals surface area (Å²) in [6.45, 7) is 2.16. The molecular weight excluding hydrogens is 240 g/mol. The van der Waals surface area contributed by atoms with Gasteiger partial charge in [0.15, 0.2) is 0 Å².